The van der Waals surface area contributed by atoms with Gasteiger partial charge in [-0.1, -0.05) is 233 Å². The average Bonchev–Trinajstić information content (AvgIpc) is 0.806. The van der Waals surface area contributed by atoms with Gasteiger partial charge in [0.2, 0.25) is 0 Å². The van der Waals surface area contributed by atoms with Gasteiger partial charge < -0.3 is 40.9 Å². The van der Waals surface area contributed by atoms with Crippen LogP contribution in [0.15, 0.2) is 195 Å². The standard InChI is InChI=1S/4C19H20N2.2C11H24O2.2C5H12O2.4Ir/c1-13-5-8-17(20-12-13)18-9-6-14-11-15(19(2,3)4)7-10-16(14)21-18;1-13-9-10-20-18(11-13)17-7-5-14-12-15(19(2,3)4)6-8-16(14)21-17;1-13-6-5-11-20-18(13)17-9-7-14-12-15(19(2,3)4)8-10-16(14)21-17;1-13-6-5-7-17(20-13)18-10-8-14-12-15(19(2,3)4)9-11-16(14)21-18;2*1-10(2,3)8(12)7-9(13)11(4,5)6;2*1-4(6)3-5(2)7;;;;/h4*5-12H,1-4H3;2*8-9,12-13H,7H2,1-6H3;2*4-7H,3H2,1-2H3;;;;. The van der Waals surface area contributed by atoms with Crippen molar-refractivity contribution in [3.05, 3.63) is 239 Å². The van der Waals surface area contributed by atoms with Crippen LogP contribution < -0.4 is 0 Å². The summed E-state index contributed by atoms with van der Waals surface area (Å²) >= 11 is 0. The predicted octanol–water partition coefficient (Wildman–Crippen LogP) is 24.3. The van der Waals surface area contributed by atoms with Gasteiger partial charge in [-0.2, -0.15) is 0 Å². The number of hydrogen-bond donors (Lipinski definition) is 8. The van der Waals surface area contributed by atoms with Crippen molar-refractivity contribution >= 4 is 43.6 Å². The normalized spacial score (nSPS) is 13.6. The molecule has 12 aromatic rings. The van der Waals surface area contributed by atoms with Crippen LogP contribution >= 0.6 is 0 Å². The van der Waals surface area contributed by atoms with Crippen LogP contribution in [0.5, 0.6) is 0 Å². The van der Waals surface area contributed by atoms with Gasteiger partial charge in [-0.15, -0.1) is 0 Å². The van der Waals surface area contributed by atoms with Crippen LogP contribution in [-0.2, 0) is 102 Å². The molecule has 16 nitrogen and oxygen atoms in total. The fraction of sp³-hybridized carbons (Fsp3) is 0.481. The Labute approximate surface area is 822 Å². The first-order valence-corrected chi connectivity index (χ1v) is 43.9. The fourth-order valence-electron chi connectivity index (χ4n) is 12.5. The van der Waals surface area contributed by atoms with Crippen LogP contribution in [-0.4, -0.2) is 130 Å². The zero-order chi connectivity index (χ0) is 93.6. The quantitative estimate of drug-likeness (QED) is 0.0565. The van der Waals surface area contributed by atoms with E-state index in [4.69, 9.17) is 40.4 Å². The Bertz CT molecular complexity index is 5080. The minimum absolute atomic E-state index is 0. The molecule has 708 valence electrons. The third-order valence-corrected chi connectivity index (χ3v) is 21.2. The summed E-state index contributed by atoms with van der Waals surface area (Å²) < 4.78 is 0. The molecule has 4 aromatic carbocycles. The van der Waals surface area contributed by atoms with Gasteiger partial charge >= 0.3 is 0 Å². The van der Waals surface area contributed by atoms with E-state index in [1.54, 1.807) is 27.7 Å². The van der Waals surface area contributed by atoms with Gasteiger partial charge in [0.25, 0.3) is 0 Å². The summed E-state index contributed by atoms with van der Waals surface area (Å²) in [5, 5.41) is 78.0. The van der Waals surface area contributed by atoms with Crippen molar-refractivity contribution in [2.75, 3.05) is 0 Å². The molecule has 20 heteroatoms. The summed E-state index contributed by atoms with van der Waals surface area (Å²) in [5.74, 6) is 0. The van der Waals surface area contributed by atoms with E-state index < -0.39 is 24.4 Å². The van der Waals surface area contributed by atoms with Crippen LogP contribution in [0.4, 0.5) is 0 Å². The molecule has 8 unspecified atom stereocenters. The zero-order valence-electron chi connectivity index (χ0n) is 82.4. The Morgan fingerprint density at radius 3 is 0.844 bits per heavy atom. The second-order valence-corrected chi connectivity index (χ2v) is 42.1. The van der Waals surface area contributed by atoms with Gasteiger partial charge in [0.1, 0.15) is 0 Å². The van der Waals surface area contributed by atoms with E-state index in [1.807, 2.05) is 158 Å². The summed E-state index contributed by atoms with van der Waals surface area (Å²) in [5.41, 5.74) is 21.4. The largest absolute Gasteiger partial charge is 0.393 e. The monoisotopic (exact) mass is 2460 g/mol. The molecule has 0 fully saturated rings. The van der Waals surface area contributed by atoms with E-state index in [0.717, 1.165) is 84.4 Å². The van der Waals surface area contributed by atoms with Gasteiger partial charge in [-0.05, 0) is 260 Å². The van der Waals surface area contributed by atoms with E-state index in [-0.39, 0.29) is 148 Å². The topological polar surface area (TPSA) is 265 Å². The Balaban J connectivity index is 0.000000747. The number of fused-ring (bicyclic) bond motifs is 4. The molecule has 128 heavy (non-hydrogen) atoms. The maximum Gasteiger partial charge on any atom is 0.0915 e. The van der Waals surface area contributed by atoms with E-state index in [9.17, 15) is 20.4 Å². The number of aryl methyl sites for hydroxylation is 4. The molecule has 0 bridgehead atoms. The molecular formula is C108H152Ir4N8O8. The molecule has 0 aliphatic carbocycles. The number of aliphatic hydroxyl groups is 8. The maximum absolute atomic E-state index is 9.76. The number of hydrogen-bond acceptors (Lipinski definition) is 16. The molecule has 8 aromatic heterocycles. The molecule has 0 aliphatic rings. The Morgan fingerprint density at radius 2 is 0.562 bits per heavy atom. The smallest absolute Gasteiger partial charge is 0.0915 e. The van der Waals surface area contributed by atoms with E-state index in [2.05, 4.69) is 250 Å². The van der Waals surface area contributed by atoms with E-state index >= 15 is 0 Å². The van der Waals surface area contributed by atoms with Crippen molar-refractivity contribution < 1.29 is 121 Å². The number of rotatable bonds is 12. The molecule has 4 radical (unpaired) electrons. The Kier molecular flexibility index (Phi) is 48.7. The van der Waals surface area contributed by atoms with Gasteiger partial charge in [0.05, 0.1) is 116 Å². The minimum Gasteiger partial charge on any atom is -0.393 e. The van der Waals surface area contributed by atoms with Crippen molar-refractivity contribution in [3.8, 4) is 45.6 Å². The first kappa shape index (κ1) is 119. The van der Waals surface area contributed by atoms with Crippen LogP contribution in [0.3, 0.4) is 0 Å². The van der Waals surface area contributed by atoms with Crippen LogP contribution in [0.25, 0.3) is 89.2 Å². The summed E-state index contributed by atoms with van der Waals surface area (Å²) in [7, 11) is 0. The fourth-order valence-corrected chi connectivity index (χ4v) is 12.5. The second-order valence-electron chi connectivity index (χ2n) is 42.1. The molecule has 0 saturated carbocycles. The number of aliphatic hydroxyl groups excluding tert-OH is 8. The van der Waals surface area contributed by atoms with E-state index in [0.29, 0.717) is 25.7 Å². The van der Waals surface area contributed by atoms with Gasteiger partial charge in [0.15, 0.2) is 0 Å². The average molecular weight is 2460 g/mol. The summed E-state index contributed by atoms with van der Waals surface area (Å²) in [4.78, 5) is 36.9. The molecule has 0 saturated heterocycles. The first-order chi connectivity index (χ1) is 57.1. The maximum atomic E-state index is 9.76. The third-order valence-electron chi connectivity index (χ3n) is 21.2. The van der Waals surface area contributed by atoms with Gasteiger partial charge in [-0.3, -0.25) is 19.9 Å². The van der Waals surface area contributed by atoms with Crippen molar-refractivity contribution in [3.63, 3.8) is 0 Å². The molecular weight excluding hydrogens is 2310 g/mol. The van der Waals surface area contributed by atoms with Crippen LogP contribution in [0, 0.1) is 49.4 Å². The molecule has 0 aliphatic heterocycles. The molecule has 8 N–H and O–H groups in total. The van der Waals surface area contributed by atoms with Crippen LogP contribution in [0.1, 0.15) is 264 Å². The van der Waals surface area contributed by atoms with Crippen molar-refractivity contribution in [2.45, 2.75) is 318 Å². The zero-order valence-corrected chi connectivity index (χ0v) is 92.0. The number of aromatic nitrogens is 8. The van der Waals surface area contributed by atoms with Crippen LogP contribution in [0.2, 0.25) is 0 Å². The molecule has 0 amide bonds. The number of benzene rings is 4. The summed E-state index contributed by atoms with van der Waals surface area (Å²) in [6.07, 6.45) is 4.10. The minimum atomic E-state index is -0.443. The number of pyridine rings is 8. The van der Waals surface area contributed by atoms with Crippen molar-refractivity contribution in [1.82, 2.24) is 39.9 Å². The summed E-state index contributed by atoms with van der Waals surface area (Å²) in [6, 6.07) is 61.0. The molecule has 0 spiro atoms. The Hall–Kier alpha value is -6.60. The number of nitrogens with zero attached hydrogens (tertiary/aromatic N) is 8. The molecule has 8 heterocycles. The van der Waals surface area contributed by atoms with Gasteiger partial charge in [0, 0.05) is 139 Å². The van der Waals surface area contributed by atoms with E-state index in [1.165, 1.54) is 49.4 Å². The predicted molar refractivity (Wildman–Crippen MR) is 521 cm³/mol. The SMILES string of the molecule is CC(C)(C)C(O)CC(O)C(C)(C)C.CC(C)(C)C(O)CC(O)C(C)(C)C.CC(O)CC(C)O.CC(O)CC(C)O.Cc1ccc(-c2ccc3cc(C(C)(C)C)ccc3n2)nc1.Cc1cccc(-c2ccc3cc(C(C)(C)C)ccc3n2)n1.Cc1cccnc1-c1ccc2cc(C(C)(C)C)ccc2n1.Cc1ccnc(-c2ccc3cc(C(C)(C)C)ccc3n2)c1.[Ir].[Ir].[Ir].[Ir]. The Morgan fingerprint density at radius 1 is 0.258 bits per heavy atom. The first-order valence-electron chi connectivity index (χ1n) is 43.9. The molecule has 8 atom stereocenters. The molecule has 12 rings (SSSR count). The summed E-state index contributed by atoms with van der Waals surface area (Å²) in [6.45, 7) is 65.3. The third kappa shape index (κ3) is 40.9. The van der Waals surface area contributed by atoms with Crippen molar-refractivity contribution in [2.24, 2.45) is 21.7 Å². The second kappa shape index (κ2) is 52.2. The van der Waals surface area contributed by atoms with Crippen molar-refractivity contribution in [1.29, 1.82) is 0 Å². The van der Waals surface area contributed by atoms with Gasteiger partial charge in [-0.25, -0.2) is 19.9 Å².